The normalized spacial score (nSPS) is 11.3. The molecular formula is C37H34F3NO8. The number of carbonyl (C=O) groups excluding carboxylic acids is 4. The number of anilines is 1. The Morgan fingerprint density at radius 3 is 1.94 bits per heavy atom. The highest BCUT2D eigenvalue weighted by atomic mass is 19.4. The predicted octanol–water partition coefficient (Wildman–Crippen LogP) is 7.38. The lowest BCUT2D eigenvalue weighted by Gasteiger charge is -2.29. The van der Waals surface area contributed by atoms with Gasteiger partial charge in [0, 0.05) is 18.1 Å². The van der Waals surface area contributed by atoms with E-state index in [1.54, 1.807) is 62.4 Å². The van der Waals surface area contributed by atoms with Gasteiger partial charge in [0.1, 0.15) is 11.5 Å². The summed E-state index contributed by atoms with van der Waals surface area (Å²) < 4.78 is 60.6. The van der Waals surface area contributed by atoms with E-state index >= 15 is 0 Å². The zero-order valence-electron chi connectivity index (χ0n) is 27.0. The van der Waals surface area contributed by atoms with Gasteiger partial charge in [-0.1, -0.05) is 60.7 Å². The SMILES string of the molecule is CCOC(=O)C(CCC(=O)Oc1ccc(NC(=O)c2ccccc2-c2ccc(C(F)(F)F)cc2)c(OC)c1)(C(=O)OCC)c1ccccc1. The molecule has 9 nitrogen and oxygen atoms in total. The molecule has 0 spiro atoms. The van der Waals surface area contributed by atoms with E-state index in [1.165, 1.54) is 43.5 Å². The number of methoxy groups -OCH3 is 1. The molecule has 0 aliphatic rings. The number of esters is 3. The monoisotopic (exact) mass is 677 g/mol. The lowest BCUT2D eigenvalue weighted by Crippen LogP contribution is -2.46. The van der Waals surface area contributed by atoms with E-state index in [2.05, 4.69) is 5.32 Å². The molecule has 0 saturated carbocycles. The maximum atomic E-state index is 13.4. The third-order valence-electron chi connectivity index (χ3n) is 7.57. The maximum absolute atomic E-state index is 13.4. The third-order valence-corrected chi connectivity index (χ3v) is 7.57. The third kappa shape index (κ3) is 8.45. The van der Waals surface area contributed by atoms with Crippen molar-refractivity contribution in [3.63, 3.8) is 0 Å². The highest BCUT2D eigenvalue weighted by molar-refractivity contribution is 6.09. The molecule has 0 aliphatic carbocycles. The van der Waals surface area contributed by atoms with Gasteiger partial charge in [0.05, 0.1) is 31.6 Å². The van der Waals surface area contributed by atoms with Gasteiger partial charge < -0.3 is 24.3 Å². The van der Waals surface area contributed by atoms with Crippen LogP contribution < -0.4 is 14.8 Å². The molecule has 0 aliphatic heterocycles. The largest absolute Gasteiger partial charge is 0.494 e. The van der Waals surface area contributed by atoms with E-state index in [0.29, 0.717) is 16.7 Å². The van der Waals surface area contributed by atoms with Crippen molar-refractivity contribution in [3.05, 3.63) is 114 Å². The fourth-order valence-corrected chi connectivity index (χ4v) is 5.17. The summed E-state index contributed by atoms with van der Waals surface area (Å²) in [5.41, 5.74) is -1.16. The number of alkyl halides is 3. The van der Waals surface area contributed by atoms with Crippen molar-refractivity contribution in [2.24, 2.45) is 0 Å². The van der Waals surface area contributed by atoms with E-state index in [4.69, 9.17) is 18.9 Å². The number of halogens is 3. The number of ether oxygens (including phenoxy) is 4. The van der Waals surface area contributed by atoms with Crippen LogP contribution >= 0.6 is 0 Å². The summed E-state index contributed by atoms with van der Waals surface area (Å²) in [5.74, 6) is -2.83. The quantitative estimate of drug-likeness (QED) is 0.0885. The van der Waals surface area contributed by atoms with Gasteiger partial charge in [0.15, 0.2) is 5.41 Å². The van der Waals surface area contributed by atoms with Crippen LogP contribution in [0.25, 0.3) is 11.1 Å². The van der Waals surface area contributed by atoms with Crippen LogP contribution in [0.4, 0.5) is 18.9 Å². The van der Waals surface area contributed by atoms with Crippen molar-refractivity contribution >= 4 is 29.5 Å². The number of carbonyl (C=O) groups is 4. The fourth-order valence-electron chi connectivity index (χ4n) is 5.17. The van der Waals surface area contributed by atoms with Gasteiger partial charge in [-0.2, -0.15) is 13.2 Å². The summed E-state index contributed by atoms with van der Waals surface area (Å²) in [5, 5.41) is 2.73. The fraction of sp³-hybridized carbons (Fsp3) is 0.243. The second kappa shape index (κ2) is 16.0. The van der Waals surface area contributed by atoms with Crippen molar-refractivity contribution in [2.45, 2.75) is 38.3 Å². The van der Waals surface area contributed by atoms with Crippen LogP contribution in [0.5, 0.6) is 11.5 Å². The van der Waals surface area contributed by atoms with E-state index in [-0.39, 0.29) is 48.8 Å². The second-order valence-corrected chi connectivity index (χ2v) is 10.6. The van der Waals surface area contributed by atoms with Crippen LogP contribution in [0.1, 0.15) is 48.2 Å². The summed E-state index contributed by atoms with van der Waals surface area (Å²) >= 11 is 0. The molecule has 1 amide bonds. The molecule has 4 aromatic rings. The van der Waals surface area contributed by atoms with Gasteiger partial charge in [-0.25, -0.2) is 0 Å². The Labute approximate surface area is 280 Å². The van der Waals surface area contributed by atoms with E-state index in [0.717, 1.165) is 12.1 Å². The molecule has 4 rings (SSSR count). The Morgan fingerprint density at radius 1 is 0.735 bits per heavy atom. The van der Waals surface area contributed by atoms with Gasteiger partial charge in [-0.15, -0.1) is 0 Å². The number of hydrogen-bond acceptors (Lipinski definition) is 8. The van der Waals surface area contributed by atoms with Crippen LogP contribution in [0.2, 0.25) is 0 Å². The molecule has 0 saturated heterocycles. The van der Waals surface area contributed by atoms with Gasteiger partial charge in [-0.3, -0.25) is 19.2 Å². The minimum absolute atomic E-state index is 0.000585. The van der Waals surface area contributed by atoms with Crippen LogP contribution in [0, 0.1) is 0 Å². The number of amides is 1. The first-order chi connectivity index (χ1) is 23.4. The Hall–Kier alpha value is -5.65. The van der Waals surface area contributed by atoms with Crippen molar-refractivity contribution in [3.8, 4) is 22.6 Å². The Balaban J connectivity index is 1.51. The van der Waals surface area contributed by atoms with Crippen molar-refractivity contribution in [1.29, 1.82) is 0 Å². The molecule has 1 N–H and O–H groups in total. The minimum Gasteiger partial charge on any atom is -0.494 e. The molecule has 0 radical (unpaired) electrons. The average molecular weight is 678 g/mol. The molecule has 49 heavy (non-hydrogen) atoms. The van der Waals surface area contributed by atoms with E-state index < -0.39 is 41.0 Å². The Kier molecular flexibility index (Phi) is 11.8. The standard InChI is InChI=1S/C37H34F3NO8/c1-4-47-34(44)36(35(45)48-5-2,25-11-7-6-8-12-25)22-21-32(42)49-27-19-20-30(31(23-27)46-3)41-33(43)29-14-10-9-13-28(29)24-15-17-26(18-16-24)37(38,39)40/h6-20,23H,4-5,21-22H2,1-3H3,(H,41,43). The lowest BCUT2D eigenvalue weighted by atomic mass is 9.76. The zero-order valence-corrected chi connectivity index (χ0v) is 27.0. The van der Waals surface area contributed by atoms with Crippen molar-refractivity contribution in [1.82, 2.24) is 0 Å². The summed E-state index contributed by atoms with van der Waals surface area (Å²) in [7, 11) is 1.35. The molecule has 4 aromatic carbocycles. The van der Waals surface area contributed by atoms with E-state index in [9.17, 15) is 32.3 Å². The molecule has 0 atom stereocenters. The second-order valence-electron chi connectivity index (χ2n) is 10.6. The Bertz CT molecular complexity index is 1770. The highest BCUT2D eigenvalue weighted by Crippen LogP contribution is 2.36. The molecule has 0 bridgehead atoms. The number of rotatable bonds is 13. The first kappa shape index (κ1) is 36.2. The minimum atomic E-state index is -4.50. The highest BCUT2D eigenvalue weighted by Gasteiger charge is 2.50. The van der Waals surface area contributed by atoms with Crippen LogP contribution in [0.3, 0.4) is 0 Å². The van der Waals surface area contributed by atoms with Gasteiger partial charge in [-0.05, 0) is 67.3 Å². The summed E-state index contributed by atoms with van der Waals surface area (Å²) in [4.78, 5) is 52.9. The number of benzene rings is 4. The lowest BCUT2D eigenvalue weighted by molar-refractivity contribution is -0.165. The average Bonchev–Trinajstić information content (AvgIpc) is 3.09. The number of hydrogen-bond donors (Lipinski definition) is 1. The summed E-state index contributed by atoms with van der Waals surface area (Å²) in [6, 6.07) is 23.3. The predicted molar refractivity (Wildman–Crippen MR) is 174 cm³/mol. The maximum Gasteiger partial charge on any atom is 0.416 e. The molecule has 12 heteroatoms. The van der Waals surface area contributed by atoms with Crippen LogP contribution in [0.15, 0.2) is 97.1 Å². The van der Waals surface area contributed by atoms with Gasteiger partial charge in [0.2, 0.25) is 0 Å². The van der Waals surface area contributed by atoms with Crippen LogP contribution in [-0.2, 0) is 35.4 Å². The molecular weight excluding hydrogens is 643 g/mol. The molecule has 0 unspecified atom stereocenters. The first-order valence-electron chi connectivity index (χ1n) is 15.3. The van der Waals surface area contributed by atoms with Gasteiger partial charge >= 0.3 is 24.1 Å². The molecule has 0 heterocycles. The molecule has 256 valence electrons. The van der Waals surface area contributed by atoms with Crippen molar-refractivity contribution in [2.75, 3.05) is 25.6 Å². The number of nitrogens with one attached hydrogen (secondary N) is 1. The summed E-state index contributed by atoms with van der Waals surface area (Å²) in [6.45, 7) is 3.20. The van der Waals surface area contributed by atoms with Crippen molar-refractivity contribution < 1.29 is 51.3 Å². The molecule has 0 fully saturated rings. The van der Waals surface area contributed by atoms with E-state index in [1.807, 2.05) is 0 Å². The molecule has 0 aromatic heterocycles. The smallest absolute Gasteiger partial charge is 0.416 e. The Morgan fingerprint density at radius 2 is 1.35 bits per heavy atom. The summed E-state index contributed by atoms with van der Waals surface area (Å²) in [6.07, 6.45) is -5.16. The topological polar surface area (TPSA) is 117 Å². The van der Waals surface area contributed by atoms with Gasteiger partial charge in [0.25, 0.3) is 5.91 Å². The first-order valence-corrected chi connectivity index (χ1v) is 15.3. The van der Waals surface area contributed by atoms with Crippen LogP contribution in [-0.4, -0.2) is 44.1 Å². The zero-order chi connectivity index (χ0) is 35.6.